The van der Waals surface area contributed by atoms with Gasteiger partial charge in [0.15, 0.2) is 0 Å². The van der Waals surface area contributed by atoms with Gasteiger partial charge in [-0.25, -0.2) is 0 Å². The molecule has 0 saturated carbocycles. The molecule has 0 aliphatic carbocycles. The molecular formula is C18H21NO. The molecule has 0 spiro atoms. The van der Waals surface area contributed by atoms with E-state index in [1.165, 1.54) is 31.4 Å². The minimum Gasteiger partial charge on any atom is -0.457 e. The summed E-state index contributed by atoms with van der Waals surface area (Å²) >= 11 is 0. The van der Waals surface area contributed by atoms with Crippen LogP contribution in [0.25, 0.3) is 0 Å². The van der Waals surface area contributed by atoms with Crippen molar-refractivity contribution in [3.05, 3.63) is 60.2 Å². The highest BCUT2D eigenvalue weighted by molar-refractivity contribution is 5.39. The number of hydrogen-bond acceptors (Lipinski definition) is 2. The van der Waals surface area contributed by atoms with Crippen molar-refractivity contribution in [3.8, 4) is 11.5 Å². The van der Waals surface area contributed by atoms with Crippen molar-refractivity contribution in [2.45, 2.75) is 25.3 Å². The van der Waals surface area contributed by atoms with Gasteiger partial charge in [-0.3, -0.25) is 4.90 Å². The van der Waals surface area contributed by atoms with Crippen molar-refractivity contribution >= 4 is 0 Å². The molecule has 1 saturated heterocycles. The third-order valence-electron chi connectivity index (χ3n) is 4.02. The van der Waals surface area contributed by atoms with E-state index in [1.807, 2.05) is 36.4 Å². The van der Waals surface area contributed by atoms with Crippen LogP contribution in [0.2, 0.25) is 0 Å². The predicted octanol–water partition coefficient (Wildman–Crippen LogP) is 4.64. The zero-order chi connectivity index (χ0) is 13.8. The molecule has 2 aromatic carbocycles. The smallest absolute Gasteiger partial charge is 0.132 e. The Morgan fingerprint density at radius 2 is 1.70 bits per heavy atom. The standard InChI is InChI=1S/C18H21NO/c1-19-14-8-7-12-17(19)16-11-5-6-13-18(16)20-15-9-3-2-4-10-15/h2-6,9-11,13,17H,7-8,12,14H2,1H3. The first-order valence-electron chi connectivity index (χ1n) is 7.36. The predicted molar refractivity (Wildman–Crippen MR) is 82.2 cm³/mol. The lowest BCUT2D eigenvalue weighted by molar-refractivity contribution is 0.184. The highest BCUT2D eigenvalue weighted by Crippen LogP contribution is 2.36. The summed E-state index contributed by atoms with van der Waals surface area (Å²) in [6, 6.07) is 18.9. The van der Waals surface area contributed by atoms with Crippen molar-refractivity contribution in [1.82, 2.24) is 4.90 Å². The van der Waals surface area contributed by atoms with Crippen LogP contribution in [0.3, 0.4) is 0 Å². The molecule has 1 unspecified atom stereocenters. The maximum atomic E-state index is 6.08. The molecule has 1 aliphatic heterocycles. The number of likely N-dealkylation sites (tertiary alicyclic amines) is 1. The molecule has 1 heterocycles. The fourth-order valence-electron chi connectivity index (χ4n) is 2.93. The fraction of sp³-hybridized carbons (Fsp3) is 0.333. The third-order valence-corrected chi connectivity index (χ3v) is 4.02. The quantitative estimate of drug-likeness (QED) is 0.803. The Kier molecular flexibility index (Phi) is 4.03. The molecule has 0 aromatic heterocycles. The summed E-state index contributed by atoms with van der Waals surface area (Å²) in [5.41, 5.74) is 1.30. The molecule has 104 valence electrons. The van der Waals surface area contributed by atoms with Crippen LogP contribution in [0.15, 0.2) is 54.6 Å². The molecular weight excluding hydrogens is 246 g/mol. The number of para-hydroxylation sites is 2. The molecule has 2 nitrogen and oxygen atoms in total. The molecule has 20 heavy (non-hydrogen) atoms. The van der Waals surface area contributed by atoms with Gasteiger partial charge in [-0.15, -0.1) is 0 Å². The van der Waals surface area contributed by atoms with Crippen LogP contribution >= 0.6 is 0 Å². The number of rotatable bonds is 3. The Bertz CT molecular complexity index is 552. The molecule has 3 rings (SSSR count). The molecule has 0 radical (unpaired) electrons. The maximum absolute atomic E-state index is 6.08. The van der Waals surface area contributed by atoms with E-state index >= 15 is 0 Å². The maximum Gasteiger partial charge on any atom is 0.132 e. The Hall–Kier alpha value is -1.80. The minimum absolute atomic E-state index is 0.476. The zero-order valence-corrected chi connectivity index (χ0v) is 12.0. The van der Waals surface area contributed by atoms with Crippen molar-refractivity contribution in [2.75, 3.05) is 13.6 Å². The van der Waals surface area contributed by atoms with E-state index in [2.05, 4.69) is 30.1 Å². The van der Waals surface area contributed by atoms with Gasteiger partial charge in [0.25, 0.3) is 0 Å². The molecule has 1 fully saturated rings. The summed E-state index contributed by atoms with van der Waals surface area (Å²) in [5, 5.41) is 0. The number of ether oxygens (including phenoxy) is 1. The normalized spacial score (nSPS) is 19.8. The summed E-state index contributed by atoms with van der Waals surface area (Å²) in [7, 11) is 2.21. The third kappa shape index (κ3) is 2.86. The molecule has 0 amide bonds. The van der Waals surface area contributed by atoms with Gasteiger partial charge >= 0.3 is 0 Å². The number of piperidine rings is 1. The molecule has 1 atom stereocenters. The fourth-order valence-corrected chi connectivity index (χ4v) is 2.93. The van der Waals surface area contributed by atoms with Crippen LogP contribution in [-0.4, -0.2) is 18.5 Å². The average Bonchev–Trinajstić information content (AvgIpc) is 2.50. The minimum atomic E-state index is 0.476. The van der Waals surface area contributed by atoms with Crippen LogP contribution in [0.5, 0.6) is 11.5 Å². The van der Waals surface area contributed by atoms with Gasteiger partial charge in [-0.05, 0) is 44.6 Å². The Morgan fingerprint density at radius 3 is 2.50 bits per heavy atom. The van der Waals surface area contributed by atoms with Gasteiger partial charge in [0, 0.05) is 11.6 Å². The van der Waals surface area contributed by atoms with Crippen LogP contribution in [0.4, 0.5) is 0 Å². The van der Waals surface area contributed by atoms with Crippen LogP contribution in [0.1, 0.15) is 30.9 Å². The summed E-state index contributed by atoms with van der Waals surface area (Å²) in [5.74, 6) is 1.89. The van der Waals surface area contributed by atoms with E-state index < -0.39 is 0 Å². The summed E-state index contributed by atoms with van der Waals surface area (Å²) in [6.07, 6.45) is 3.81. The monoisotopic (exact) mass is 267 g/mol. The Balaban J connectivity index is 1.88. The topological polar surface area (TPSA) is 12.5 Å². The van der Waals surface area contributed by atoms with E-state index in [9.17, 15) is 0 Å². The molecule has 1 aliphatic rings. The first kappa shape index (κ1) is 13.2. The highest BCUT2D eigenvalue weighted by atomic mass is 16.5. The number of hydrogen-bond donors (Lipinski definition) is 0. The van der Waals surface area contributed by atoms with Crippen molar-refractivity contribution in [1.29, 1.82) is 0 Å². The number of benzene rings is 2. The summed E-state index contributed by atoms with van der Waals surface area (Å²) in [6.45, 7) is 1.17. The van der Waals surface area contributed by atoms with Gasteiger partial charge in [0.05, 0.1) is 0 Å². The summed E-state index contributed by atoms with van der Waals surface area (Å²) in [4.78, 5) is 2.44. The van der Waals surface area contributed by atoms with Crippen LogP contribution < -0.4 is 4.74 Å². The molecule has 2 aromatic rings. The van der Waals surface area contributed by atoms with Gasteiger partial charge < -0.3 is 4.74 Å². The molecule has 0 bridgehead atoms. The molecule has 2 heteroatoms. The van der Waals surface area contributed by atoms with Crippen molar-refractivity contribution in [3.63, 3.8) is 0 Å². The Morgan fingerprint density at radius 1 is 0.950 bits per heavy atom. The first-order valence-corrected chi connectivity index (χ1v) is 7.36. The van der Waals surface area contributed by atoms with Crippen molar-refractivity contribution in [2.24, 2.45) is 0 Å². The lowest BCUT2D eigenvalue weighted by Crippen LogP contribution is -2.29. The second kappa shape index (κ2) is 6.10. The average molecular weight is 267 g/mol. The van der Waals surface area contributed by atoms with E-state index in [-0.39, 0.29) is 0 Å². The van der Waals surface area contributed by atoms with Gasteiger partial charge in [-0.1, -0.05) is 42.8 Å². The lowest BCUT2D eigenvalue weighted by atomic mass is 9.95. The van der Waals surface area contributed by atoms with E-state index in [0.717, 1.165) is 11.5 Å². The highest BCUT2D eigenvalue weighted by Gasteiger charge is 2.23. The number of nitrogens with zero attached hydrogens (tertiary/aromatic N) is 1. The van der Waals surface area contributed by atoms with E-state index in [1.54, 1.807) is 0 Å². The largest absolute Gasteiger partial charge is 0.457 e. The lowest BCUT2D eigenvalue weighted by Gasteiger charge is -2.33. The SMILES string of the molecule is CN1CCCCC1c1ccccc1Oc1ccccc1. The van der Waals surface area contributed by atoms with Gasteiger partial charge in [0.1, 0.15) is 11.5 Å². The van der Waals surface area contributed by atoms with Crippen LogP contribution in [-0.2, 0) is 0 Å². The van der Waals surface area contributed by atoms with Crippen LogP contribution in [0, 0.1) is 0 Å². The van der Waals surface area contributed by atoms with Gasteiger partial charge in [-0.2, -0.15) is 0 Å². The van der Waals surface area contributed by atoms with E-state index in [4.69, 9.17) is 4.74 Å². The second-order valence-corrected chi connectivity index (χ2v) is 5.45. The zero-order valence-electron chi connectivity index (χ0n) is 12.0. The first-order chi connectivity index (χ1) is 9.84. The van der Waals surface area contributed by atoms with Gasteiger partial charge in [0.2, 0.25) is 0 Å². The Labute approximate surface area is 121 Å². The van der Waals surface area contributed by atoms with Crippen molar-refractivity contribution < 1.29 is 4.74 Å². The molecule has 0 N–H and O–H groups in total. The summed E-state index contributed by atoms with van der Waals surface area (Å²) < 4.78 is 6.08. The van der Waals surface area contributed by atoms with E-state index in [0.29, 0.717) is 6.04 Å². The second-order valence-electron chi connectivity index (χ2n) is 5.45.